The average Bonchev–Trinajstić information content (AvgIpc) is 2.57. The second kappa shape index (κ2) is 9.09. The Morgan fingerprint density at radius 2 is 1.96 bits per heavy atom. The standard InChI is InChI=1S/C20H31BrN2O3/c1-20(2,3)18(23-19(24)25)13-5-8-16(9-6-13)22-12-14-11-15(21)7-10-17(14)26-4/h7,10-11,13,16,18,22-23H,5-6,8-9,12H2,1-4H3,(H,24,25). The van der Waals surface area contributed by atoms with Gasteiger partial charge in [-0.05, 0) is 55.2 Å². The van der Waals surface area contributed by atoms with Crippen molar-refractivity contribution in [2.75, 3.05) is 7.11 Å². The van der Waals surface area contributed by atoms with Crippen LogP contribution >= 0.6 is 15.9 Å². The molecule has 26 heavy (non-hydrogen) atoms. The van der Waals surface area contributed by atoms with Crippen molar-refractivity contribution in [1.82, 2.24) is 10.6 Å². The average molecular weight is 427 g/mol. The summed E-state index contributed by atoms with van der Waals surface area (Å²) in [6.07, 6.45) is 3.28. The van der Waals surface area contributed by atoms with Crippen LogP contribution in [-0.2, 0) is 6.54 Å². The highest BCUT2D eigenvalue weighted by Gasteiger charge is 2.35. The Bertz CT molecular complexity index is 608. The van der Waals surface area contributed by atoms with Gasteiger partial charge in [0.1, 0.15) is 5.75 Å². The molecule has 0 radical (unpaired) electrons. The third kappa shape index (κ3) is 5.88. The molecule has 1 unspecified atom stereocenters. The number of rotatable bonds is 6. The first-order valence-corrected chi connectivity index (χ1v) is 10.0. The fourth-order valence-electron chi connectivity index (χ4n) is 3.97. The van der Waals surface area contributed by atoms with Gasteiger partial charge in [-0.3, -0.25) is 0 Å². The number of hydrogen-bond acceptors (Lipinski definition) is 3. The summed E-state index contributed by atoms with van der Waals surface area (Å²) in [5.74, 6) is 1.29. The van der Waals surface area contributed by atoms with Crippen molar-refractivity contribution in [3.05, 3.63) is 28.2 Å². The van der Waals surface area contributed by atoms with Crippen molar-refractivity contribution >= 4 is 22.0 Å². The van der Waals surface area contributed by atoms with Crippen molar-refractivity contribution in [2.24, 2.45) is 11.3 Å². The number of amides is 1. The molecule has 3 N–H and O–H groups in total. The summed E-state index contributed by atoms with van der Waals surface area (Å²) in [6, 6.07) is 6.50. The number of benzene rings is 1. The lowest BCUT2D eigenvalue weighted by atomic mass is 9.72. The highest BCUT2D eigenvalue weighted by Crippen LogP contribution is 2.35. The molecule has 1 amide bonds. The van der Waals surface area contributed by atoms with Crippen LogP contribution in [0, 0.1) is 11.3 Å². The minimum absolute atomic E-state index is 0.00822. The lowest BCUT2D eigenvalue weighted by Crippen LogP contribution is -2.50. The molecule has 1 saturated carbocycles. The zero-order valence-electron chi connectivity index (χ0n) is 16.1. The largest absolute Gasteiger partial charge is 0.496 e. The molecular weight excluding hydrogens is 396 g/mol. The van der Waals surface area contributed by atoms with Gasteiger partial charge in [0.15, 0.2) is 0 Å². The minimum Gasteiger partial charge on any atom is -0.496 e. The summed E-state index contributed by atoms with van der Waals surface area (Å²) in [5.41, 5.74) is 1.07. The van der Waals surface area contributed by atoms with Crippen LogP contribution in [0.2, 0.25) is 0 Å². The molecule has 6 heteroatoms. The van der Waals surface area contributed by atoms with Gasteiger partial charge >= 0.3 is 6.09 Å². The quantitative estimate of drug-likeness (QED) is 0.611. The summed E-state index contributed by atoms with van der Waals surface area (Å²) in [4.78, 5) is 11.2. The highest BCUT2D eigenvalue weighted by molar-refractivity contribution is 9.10. The predicted molar refractivity (Wildman–Crippen MR) is 108 cm³/mol. The third-order valence-electron chi connectivity index (χ3n) is 5.28. The maximum Gasteiger partial charge on any atom is 0.404 e. The SMILES string of the molecule is COc1ccc(Br)cc1CNC1CCC(C(NC(=O)O)C(C)(C)C)CC1. The molecule has 0 heterocycles. The van der Waals surface area contributed by atoms with E-state index in [1.54, 1.807) is 7.11 Å². The number of ether oxygens (including phenoxy) is 1. The van der Waals surface area contributed by atoms with E-state index >= 15 is 0 Å². The molecule has 1 fully saturated rings. The Balaban J connectivity index is 1.90. The van der Waals surface area contributed by atoms with Gasteiger partial charge in [0, 0.05) is 28.7 Å². The summed E-state index contributed by atoms with van der Waals surface area (Å²) >= 11 is 3.52. The first kappa shape index (κ1) is 21.0. The van der Waals surface area contributed by atoms with E-state index in [1.165, 1.54) is 0 Å². The number of carboxylic acid groups (broad SMARTS) is 1. The van der Waals surface area contributed by atoms with E-state index in [4.69, 9.17) is 4.74 Å². The molecule has 1 aromatic rings. The lowest BCUT2D eigenvalue weighted by Gasteiger charge is -2.40. The van der Waals surface area contributed by atoms with Gasteiger partial charge in [0.05, 0.1) is 7.11 Å². The predicted octanol–water partition coefficient (Wildman–Crippen LogP) is 4.79. The zero-order chi connectivity index (χ0) is 19.3. The molecule has 0 aliphatic heterocycles. The Kier molecular flexibility index (Phi) is 7.35. The Morgan fingerprint density at radius 3 is 2.50 bits per heavy atom. The third-order valence-corrected chi connectivity index (χ3v) is 5.77. The van der Waals surface area contributed by atoms with Crippen LogP contribution in [0.5, 0.6) is 5.75 Å². The molecule has 5 nitrogen and oxygen atoms in total. The van der Waals surface area contributed by atoms with Gasteiger partial charge in [-0.2, -0.15) is 0 Å². The normalized spacial score (nSPS) is 21.9. The molecule has 0 bridgehead atoms. The molecule has 1 atom stereocenters. The van der Waals surface area contributed by atoms with Gasteiger partial charge in [-0.25, -0.2) is 4.79 Å². The van der Waals surface area contributed by atoms with E-state index in [0.29, 0.717) is 12.0 Å². The van der Waals surface area contributed by atoms with Crippen LogP contribution in [0.3, 0.4) is 0 Å². The van der Waals surface area contributed by atoms with Gasteiger partial charge in [0.25, 0.3) is 0 Å². The maximum absolute atomic E-state index is 11.2. The number of halogens is 1. The van der Waals surface area contributed by atoms with Crippen molar-refractivity contribution in [3.63, 3.8) is 0 Å². The summed E-state index contributed by atoms with van der Waals surface area (Å²) in [7, 11) is 1.69. The Labute approximate surface area is 165 Å². The van der Waals surface area contributed by atoms with E-state index < -0.39 is 6.09 Å². The number of carbonyl (C=O) groups is 1. The molecule has 1 aromatic carbocycles. The molecule has 146 valence electrons. The summed E-state index contributed by atoms with van der Waals surface area (Å²) in [5, 5.41) is 15.6. The topological polar surface area (TPSA) is 70.6 Å². The van der Waals surface area contributed by atoms with Crippen LogP contribution < -0.4 is 15.4 Å². The second-order valence-electron chi connectivity index (χ2n) is 8.24. The zero-order valence-corrected chi connectivity index (χ0v) is 17.7. The first-order valence-electron chi connectivity index (χ1n) is 9.26. The smallest absolute Gasteiger partial charge is 0.404 e. The van der Waals surface area contributed by atoms with Gasteiger partial charge in [0.2, 0.25) is 0 Å². The molecule has 1 aliphatic rings. The fourth-order valence-corrected chi connectivity index (χ4v) is 4.38. The molecule has 2 rings (SSSR count). The number of methoxy groups -OCH3 is 1. The van der Waals surface area contributed by atoms with Crippen LogP contribution in [-0.4, -0.2) is 30.4 Å². The van der Waals surface area contributed by atoms with E-state index in [0.717, 1.165) is 48.0 Å². The van der Waals surface area contributed by atoms with Crippen LogP contribution in [0.4, 0.5) is 4.79 Å². The van der Waals surface area contributed by atoms with Crippen LogP contribution in [0.15, 0.2) is 22.7 Å². The monoisotopic (exact) mass is 426 g/mol. The molecular formula is C20H31BrN2O3. The minimum atomic E-state index is -0.924. The maximum atomic E-state index is 11.2. The molecule has 0 spiro atoms. The first-order chi connectivity index (χ1) is 12.2. The second-order valence-corrected chi connectivity index (χ2v) is 9.16. The van der Waals surface area contributed by atoms with Crippen LogP contribution in [0.25, 0.3) is 0 Å². The molecule has 0 aromatic heterocycles. The van der Waals surface area contributed by atoms with Gasteiger partial charge < -0.3 is 20.5 Å². The summed E-state index contributed by atoms with van der Waals surface area (Å²) in [6.45, 7) is 7.10. The number of nitrogens with one attached hydrogen (secondary N) is 2. The van der Waals surface area contributed by atoms with Gasteiger partial charge in [-0.15, -0.1) is 0 Å². The van der Waals surface area contributed by atoms with E-state index in [9.17, 15) is 9.90 Å². The van der Waals surface area contributed by atoms with Crippen LogP contribution in [0.1, 0.15) is 52.0 Å². The van der Waals surface area contributed by atoms with Crippen molar-refractivity contribution in [2.45, 2.75) is 65.1 Å². The van der Waals surface area contributed by atoms with Crippen molar-refractivity contribution < 1.29 is 14.6 Å². The highest BCUT2D eigenvalue weighted by atomic mass is 79.9. The number of hydrogen-bond donors (Lipinski definition) is 3. The van der Waals surface area contributed by atoms with E-state index in [2.05, 4.69) is 53.4 Å². The summed E-state index contributed by atoms with van der Waals surface area (Å²) < 4.78 is 6.49. The molecule has 0 saturated heterocycles. The fraction of sp³-hybridized carbons (Fsp3) is 0.650. The van der Waals surface area contributed by atoms with Crippen molar-refractivity contribution in [1.29, 1.82) is 0 Å². The molecule has 1 aliphatic carbocycles. The lowest BCUT2D eigenvalue weighted by molar-refractivity contribution is 0.129. The Morgan fingerprint density at radius 1 is 1.31 bits per heavy atom. The van der Waals surface area contributed by atoms with E-state index in [1.807, 2.05) is 12.1 Å². The van der Waals surface area contributed by atoms with Gasteiger partial charge in [-0.1, -0.05) is 36.7 Å². The van der Waals surface area contributed by atoms with Crippen molar-refractivity contribution in [3.8, 4) is 5.75 Å². The van der Waals surface area contributed by atoms with E-state index in [-0.39, 0.29) is 11.5 Å². The Hall–Kier alpha value is -1.27.